The first-order valence-corrected chi connectivity index (χ1v) is 8.72. The Morgan fingerprint density at radius 3 is 2.66 bits per heavy atom. The van der Waals surface area contributed by atoms with Crippen LogP contribution in [0.15, 0.2) is 56.9 Å². The van der Waals surface area contributed by atoms with E-state index in [1.807, 2.05) is 30.3 Å². The summed E-state index contributed by atoms with van der Waals surface area (Å²) in [4.78, 5) is 45.0. The number of benzene rings is 1. The number of ether oxygens (including phenoxy) is 1. The summed E-state index contributed by atoms with van der Waals surface area (Å²) in [5, 5.41) is 0. The summed E-state index contributed by atoms with van der Waals surface area (Å²) in [6, 6.07) is 9.35. The molecule has 0 aliphatic rings. The molecule has 29 heavy (non-hydrogen) atoms. The van der Waals surface area contributed by atoms with Gasteiger partial charge in [0.2, 0.25) is 5.89 Å². The van der Waals surface area contributed by atoms with E-state index in [2.05, 4.69) is 9.97 Å². The number of hydrogen-bond donors (Lipinski definition) is 0. The van der Waals surface area contributed by atoms with Crippen molar-refractivity contribution >= 4 is 17.1 Å². The standard InChI is InChI=1S/C19H17N5O5/c1-22-16-15(18(26)23(2)19(22)27)24(11-20-16)8-14(25)28-9-13-10-29-17(21-13)12-6-4-3-5-7-12/h3-7,10-11H,8-9H2,1-2H3. The van der Waals surface area contributed by atoms with Gasteiger partial charge in [-0.05, 0) is 12.1 Å². The Morgan fingerprint density at radius 2 is 1.90 bits per heavy atom. The average Bonchev–Trinajstić information content (AvgIpc) is 3.37. The first-order valence-electron chi connectivity index (χ1n) is 8.72. The summed E-state index contributed by atoms with van der Waals surface area (Å²) in [5.41, 5.74) is 0.615. The zero-order valence-corrected chi connectivity index (χ0v) is 15.7. The smallest absolute Gasteiger partial charge is 0.332 e. The molecular formula is C19H17N5O5. The molecule has 0 bridgehead atoms. The van der Waals surface area contributed by atoms with Gasteiger partial charge in [-0.25, -0.2) is 14.8 Å². The third-order valence-corrected chi connectivity index (χ3v) is 4.47. The van der Waals surface area contributed by atoms with E-state index in [0.717, 1.165) is 10.1 Å². The summed E-state index contributed by atoms with van der Waals surface area (Å²) in [5.74, 6) is -0.147. The predicted octanol–water partition coefficient (Wildman–Crippen LogP) is 0.832. The highest BCUT2D eigenvalue weighted by Gasteiger charge is 2.17. The second kappa shape index (κ2) is 7.23. The number of rotatable bonds is 5. The third kappa shape index (κ3) is 3.35. The SMILES string of the molecule is Cn1c(=O)c2c(ncn2CC(=O)OCc2coc(-c3ccccc3)n2)n(C)c1=O. The fourth-order valence-electron chi connectivity index (χ4n) is 2.94. The van der Waals surface area contributed by atoms with Gasteiger partial charge < -0.3 is 13.7 Å². The Bertz CT molecular complexity index is 1310. The van der Waals surface area contributed by atoms with E-state index in [-0.39, 0.29) is 24.3 Å². The molecule has 3 heterocycles. The number of carbonyl (C=O) groups is 1. The van der Waals surface area contributed by atoms with Crippen molar-refractivity contribution in [1.29, 1.82) is 0 Å². The molecule has 0 amide bonds. The highest BCUT2D eigenvalue weighted by Crippen LogP contribution is 2.18. The fraction of sp³-hybridized carbons (Fsp3) is 0.211. The molecular weight excluding hydrogens is 378 g/mol. The highest BCUT2D eigenvalue weighted by atomic mass is 16.5. The maximum Gasteiger partial charge on any atom is 0.332 e. The number of aromatic nitrogens is 5. The fourth-order valence-corrected chi connectivity index (χ4v) is 2.94. The van der Waals surface area contributed by atoms with Gasteiger partial charge in [-0.15, -0.1) is 0 Å². The van der Waals surface area contributed by atoms with Crippen molar-refractivity contribution < 1.29 is 13.9 Å². The van der Waals surface area contributed by atoms with Crippen molar-refractivity contribution in [2.75, 3.05) is 0 Å². The number of hydrogen-bond acceptors (Lipinski definition) is 7. The van der Waals surface area contributed by atoms with E-state index in [1.165, 1.54) is 35.8 Å². The average molecular weight is 395 g/mol. The van der Waals surface area contributed by atoms with Gasteiger partial charge in [0.1, 0.15) is 25.1 Å². The Hall–Kier alpha value is -3.95. The lowest BCUT2D eigenvalue weighted by Gasteiger charge is -2.06. The van der Waals surface area contributed by atoms with Crippen LogP contribution < -0.4 is 11.2 Å². The lowest BCUT2D eigenvalue weighted by atomic mass is 10.2. The van der Waals surface area contributed by atoms with Gasteiger partial charge in [0.25, 0.3) is 5.56 Å². The van der Waals surface area contributed by atoms with Crippen LogP contribution >= 0.6 is 0 Å². The minimum absolute atomic E-state index is 0.0711. The summed E-state index contributed by atoms with van der Waals surface area (Å²) in [6.07, 6.45) is 2.75. The van der Waals surface area contributed by atoms with Gasteiger partial charge in [0.15, 0.2) is 11.2 Å². The predicted molar refractivity (Wildman–Crippen MR) is 102 cm³/mol. The van der Waals surface area contributed by atoms with Crippen LogP contribution in [-0.4, -0.2) is 29.6 Å². The Labute approximate surface area is 163 Å². The molecule has 0 radical (unpaired) electrons. The monoisotopic (exact) mass is 395 g/mol. The molecule has 0 saturated carbocycles. The van der Waals surface area contributed by atoms with E-state index in [9.17, 15) is 14.4 Å². The van der Waals surface area contributed by atoms with E-state index < -0.39 is 17.2 Å². The summed E-state index contributed by atoms with van der Waals surface area (Å²) >= 11 is 0. The maximum absolute atomic E-state index is 12.4. The molecule has 3 aromatic heterocycles. The number of nitrogens with zero attached hydrogens (tertiary/aromatic N) is 5. The number of imidazole rings is 1. The maximum atomic E-state index is 12.4. The second-order valence-corrected chi connectivity index (χ2v) is 6.42. The second-order valence-electron chi connectivity index (χ2n) is 6.42. The third-order valence-electron chi connectivity index (χ3n) is 4.47. The van der Waals surface area contributed by atoms with Gasteiger partial charge in [0.05, 0.1) is 6.33 Å². The minimum Gasteiger partial charge on any atom is -0.458 e. The highest BCUT2D eigenvalue weighted by molar-refractivity contribution is 5.75. The molecule has 4 aromatic rings. The summed E-state index contributed by atoms with van der Waals surface area (Å²) in [6.45, 7) is -0.300. The lowest BCUT2D eigenvalue weighted by Crippen LogP contribution is -2.37. The molecule has 0 spiro atoms. The van der Waals surface area contributed by atoms with E-state index in [1.54, 1.807) is 0 Å². The molecule has 0 unspecified atom stereocenters. The van der Waals surface area contributed by atoms with Crippen LogP contribution in [0.25, 0.3) is 22.6 Å². The Morgan fingerprint density at radius 1 is 1.14 bits per heavy atom. The molecule has 0 aliphatic heterocycles. The summed E-state index contributed by atoms with van der Waals surface area (Å²) < 4.78 is 14.2. The molecule has 1 aromatic carbocycles. The number of carbonyl (C=O) groups excluding carboxylic acids is 1. The molecule has 0 aliphatic carbocycles. The molecule has 10 nitrogen and oxygen atoms in total. The molecule has 0 atom stereocenters. The van der Waals surface area contributed by atoms with Crippen LogP contribution in [0.3, 0.4) is 0 Å². The number of aryl methyl sites for hydroxylation is 1. The zero-order chi connectivity index (χ0) is 20.5. The molecule has 0 saturated heterocycles. The first kappa shape index (κ1) is 18.4. The molecule has 0 fully saturated rings. The van der Waals surface area contributed by atoms with Gasteiger partial charge >= 0.3 is 11.7 Å². The van der Waals surface area contributed by atoms with Crippen LogP contribution in [0.5, 0.6) is 0 Å². The van der Waals surface area contributed by atoms with Gasteiger partial charge in [-0.1, -0.05) is 18.2 Å². The van der Waals surface area contributed by atoms with Crippen molar-refractivity contribution in [1.82, 2.24) is 23.7 Å². The van der Waals surface area contributed by atoms with Gasteiger partial charge in [0, 0.05) is 19.7 Å². The van der Waals surface area contributed by atoms with Crippen LogP contribution in [-0.2, 0) is 36.8 Å². The molecule has 4 rings (SSSR count). The Kier molecular flexibility index (Phi) is 4.59. The van der Waals surface area contributed by atoms with Crippen molar-refractivity contribution in [2.24, 2.45) is 14.1 Å². The van der Waals surface area contributed by atoms with E-state index >= 15 is 0 Å². The largest absolute Gasteiger partial charge is 0.458 e. The van der Waals surface area contributed by atoms with Crippen LogP contribution in [0.4, 0.5) is 0 Å². The molecule has 0 N–H and O–H groups in total. The van der Waals surface area contributed by atoms with Crippen molar-refractivity contribution in [2.45, 2.75) is 13.2 Å². The Balaban J connectivity index is 1.48. The van der Waals surface area contributed by atoms with Gasteiger partial charge in [-0.2, -0.15) is 0 Å². The normalized spacial score (nSPS) is 11.1. The van der Waals surface area contributed by atoms with Crippen LogP contribution in [0, 0.1) is 0 Å². The topological polar surface area (TPSA) is 114 Å². The zero-order valence-electron chi connectivity index (χ0n) is 15.7. The van der Waals surface area contributed by atoms with Crippen molar-refractivity contribution in [3.05, 3.63) is 69.5 Å². The summed E-state index contributed by atoms with van der Waals surface area (Å²) in [7, 11) is 2.88. The van der Waals surface area contributed by atoms with Crippen molar-refractivity contribution in [3.8, 4) is 11.5 Å². The van der Waals surface area contributed by atoms with Crippen molar-refractivity contribution in [3.63, 3.8) is 0 Å². The molecule has 10 heteroatoms. The number of oxazole rings is 1. The van der Waals surface area contributed by atoms with E-state index in [0.29, 0.717) is 11.6 Å². The first-order chi connectivity index (χ1) is 14.0. The van der Waals surface area contributed by atoms with E-state index in [4.69, 9.17) is 9.15 Å². The van der Waals surface area contributed by atoms with Crippen LogP contribution in [0.1, 0.15) is 5.69 Å². The number of esters is 1. The van der Waals surface area contributed by atoms with Gasteiger partial charge in [-0.3, -0.25) is 18.7 Å². The lowest BCUT2D eigenvalue weighted by molar-refractivity contribution is -0.145. The minimum atomic E-state index is -0.579. The molecule has 148 valence electrons. The number of fused-ring (bicyclic) bond motifs is 1. The quantitative estimate of drug-likeness (QED) is 0.460. The van der Waals surface area contributed by atoms with Crippen LogP contribution in [0.2, 0.25) is 0 Å².